The molecule has 0 aliphatic carbocycles. The Morgan fingerprint density at radius 3 is 2.43 bits per heavy atom. The third-order valence-corrected chi connectivity index (χ3v) is 6.75. The lowest BCUT2D eigenvalue weighted by molar-refractivity contribution is 0.393. The molecule has 0 amide bonds. The zero-order chi connectivity index (χ0) is 21.6. The van der Waals surface area contributed by atoms with Gasteiger partial charge in [0.1, 0.15) is 5.82 Å². The van der Waals surface area contributed by atoms with Crippen LogP contribution in [-0.4, -0.2) is 19.3 Å². The predicted molar refractivity (Wildman–Crippen MR) is 115 cm³/mol. The lowest BCUT2D eigenvalue weighted by Gasteiger charge is -2.23. The normalized spacial score (nSPS) is 11.4. The van der Waals surface area contributed by atoms with E-state index in [1.807, 2.05) is 36.4 Å². The molecule has 0 saturated carbocycles. The van der Waals surface area contributed by atoms with Crippen molar-refractivity contribution in [2.75, 3.05) is 6.54 Å². The van der Waals surface area contributed by atoms with E-state index in [4.69, 9.17) is 16.9 Å². The van der Waals surface area contributed by atoms with Gasteiger partial charge in [-0.3, -0.25) is 0 Å². The summed E-state index contributed by atoms with van der Waals surface area (Å²) in [5, 5.41) is 9.24. The van der Waals surface area contributed by atoms with Gasteiger partial charge in [-0.2, -0.15) is 9.57 Å². The van der Waals surface area contributed by atoms with Gasteiger partial charge in [-0.15, -0.1) is 0 Å². The van der Waals surface area contributed by atoms with Crippen molar-refractivity contribution in [2.24, 2.45) is 0 Å². The topological polar surface area (TPSA) is 61.2 Å². The molecule has 7 heteroatoms. The third kappa shape index (κ3) is 5.45. The molecular weight excluding hydrogens is 423 g/mol. The lowest BCUT2D eigenvalue weighted by Crippen LogP contribution is -2.32. The summed E-state index contributed by atoms with van der Waals surface area (Å²) in [6.07, 6.45) is 1.26. The number of hydrogen-bond donors (Lipinski definition) is 0. The molecule has 0 aromatic heterocycles. The molecule has 0 N–H and O–H groups in total. The van der Waals surface area contributed by atoms with Crippen LogP contribution >= 0.6 is 11.6 Å². The summed E-state index contributed by atoms with van der Waals surface area (Å²) < 4.78 is 42.2. The zero-order valence-electron chi connectivity index (χ0n) is 16.1. The van der Waals surface area contributed by atoms with E-state index in [2.05, 4.69) is 0 Å². The van der Waals surface area contributed by atoms with Gasteiger partial charge in [0.2, 0.25) is 10.0 Å². The van der Waals surface area contributed by atoms with Crippen molar-refractivity contribution < 1.29 is 12.8 Å². The first kappa shape index (κ1) is 22.0. The summed E-state index contributed by atoms with van der Waals surface area (Å²) in [5.41, 5.74) is 1.49. The Bertz CT molecular complexity index is 1160. The van der Waals surface area contributed by atoms with E-state index >= 15 is 0 Å². The van der Waals surface area contributed by atoms with Crippen LogP contribution in [0.5, 0.6) is 0 Å². The van der Waals surface area contributed by atoms with Gasteiger partial charge in [-0.25, -0.2) is 12.8 Å². The second-order valence-corrected chi connectivity index (χ2v) is 9.18. The molecule has 0 aliphatic heterocycles. The molecule has 30 heavy (non-hydrogen) atoms. The Morgan fingerprint density at radius 1 is 1.00 bits per heavy atom. The number of rotatable bonds is 8. The minimum absolute atomic E-state index is 0.0590. The number of aryl methyl sites for hydroxylation is 1. The molecule has 0 fully saturated rings. The lowest BCUT2D eigenvalue weighted by atomic mass is 10.1. The molecule has 0 unspecified atom stereocenters. The molecule has 0 atom stereocenters. The van der Waals surface area contributed by atoms with Crippen molar-refractivity contribution in [1.29, 1.82) is 5.26 Å². The standard InChI is InChI=1S/C23H20ClFN2O2S/c24-21-9-4-10-22(15-21)30(28,29)27(13-5-8-18-6-2-1-3-7-18)17-20-12-11-19(16-26)14-23(20)25/h1-4,6-7,9-12,14-15H,5,8,13,17H2. The molecule has 0 aliphatic rings. The number of sulfonamides is 1. The summed E-state index contributed by atoms with van der Waals surface area (Å²) >= 11 is 5.99. The quantitative estimate of drug-likeness (QED) is 0.483. The summed E-state index contributed by atoms with van der Waals surface area (Å²) in [6, 6.07) is 21.7. The number of halogens is 2. The fourth-order valence-corrected chi connectivity index (χ4v) is 4.86. The van der Waals surface area contributed by atoms with E-state index in [-0.39, 0.29) is 29.1 Å². The van der Waals surface area contributed by atoms with Crippen LogP contribution in [-0.2, 0) is 23.0 Å². The number of hydrogen-bond acceptors (Lipinski definition) is 3. The first-order valence-electron chi connectivity index (χ1n) is 9.38. The van der Waals surface area contributed by atoms with Crippen LogP contribution in [0.1, 0.15) is 23.1 Å². The molecule has 154 valence electrons. The third-order valence-electron chi connectivity index (χ3n) is 4.68. The second kappa shape index (κ2) is 9.86. The first-order valence-corrected chi connectivity index (χ1v) is 11.2. The van der Waals surface area contributed by atoms with Crippen molar-refractivity contribution in [2.45, 2.75) is 24.3 Å². The first-order chi connectivity index (χ1) is 14.4. The van der Waals surface area contributed by atoms with Crippen molar-refractivity contribution in [3.63, 3.8) is 0 Å². The summed E-state index contributed by atoms with van der Waals surface area (Å²) in [4.78, 5) is 0.0590. The average Bonchev–Trinajstić information content (AvgIpc) is 2.74. The van der Waals surface area contributed by atoms with Crippen molar-refractivity contribution in [3.05, 3.63) is 100 Å². The second-order valence-electron chi connectivity index (χ2n) is 6.80. The van der Waals surface area contributed by atoms with Gasteiger partial charge in [-0.05, 0) is 48.7 Å². The molecule has 3 rings (SSSR count). The minimum atomic E-state index is -3.89. The predicted octanol–water partition coefficient (Wildman–Crippen LogP) is 5.17. The van der Waals surface area contributed by atoms with Crippen LogP contribution in [0.4, 0.5) is 4.39 Å². The molecule has 4 nitrogen and oxygen atoms in total. The van der Waals surface area contributed by atoms with Crippen LogP contribution in [0.25, 0.3) is 0 Å². The van der Waals surface area contributed by atoms with Gasteiger partial charge in [0, 0.05) is 23.7 Å². The average molecular weight is 443 g/mol. The van der Waals surface area contributed by atoms with Gasteiger partial charge in [-0.1, -0.05) is 54.1 Å². The molecular formula is C23H20ClFN2O2S. The molecule has 0 bridgehead atoms. The van der Waals surface area contributed by atoms with E-state index in [1.165, 1.54) is 28.6 Å². The van der Waals surface area contributed by atoms with Crippen LogP contribution in [0.2, 0.25) is 5.02 Å². The summed E-state index contributed by atoms with van der Waals surface area (Å²) in [5.74, 6) is -0.608. The Kier molecular flexibility index (Phi) is 7.22. The Hall–Kier alpha value is -2.72. The maximum Gasteiger partial charge on any atom is 0.243 e. The fourth-order valence-electron chi connectivity index (χ4n) is 3.10. The highest BCUT2D eigenvalue weighted by atomic mass is 35.5. The Morgan fingerprint density at radius 2 is 1.77 bits per heavy atom. The SMILES string of the molecule is N#Cc1ccc(CN(CCCc2ccccc2)S(=O)(=O)c2cccc(Cl)c2)c(F)c1. The summed E-state index contributed by atoms with van der Waals surface area (Å²) in [7, 11) is -3.89. The van der Waals surface area contributed by atoms with Crippen LogP contribution in [0, 0.1) is 17.1 Å². The van der Waals surface area contributed by atoms with E-state index in [0.717, 1.165) is 11.6 Å². The molecule has 0 radical (unpaired) electrons. The highest BCUT2D eigenvalue weighted by molar-refractivity contribution is 7.89. The molecule has 3 aromatic carbocycles. The fraction of sp³-hybridized carbons (Fsp3) is 0.174. The van der Waals surface area contributed by atoms with Gasteiger partial charge in [0.15, 0.2) is 0 Å². The highest BCUT2D eigenvalue weighted by Gasteiger charge is 2.25. The highest BCUT2D eigenvalue weighted by Crippen LogP contribution is 2.23. The smallest absolute Gasteiger partial charge is 0.207 e. The van der Waals surface area contributed by atoms with Crippen molar-refractivity contribution >= 4 is 21.6 Å². The van der Waals surface area contributed by atoms with E-state index in [1.54, 1.807) is 12.1 Å². The van der Waals surface area contributed by atoms with Crippen LogP contribution < -0.4 is 0 Å². The van der Waals surface area contributed by atoms with Crippen LogP contribution in [0.3, 0.4) is 0 Å². The van der Waals surface area contributed by atoms with Crippen LogP contribution in [0.15, 0.2) is 77.7 Å². The van der Waals surface area contributed by atoms with Gasteiger partial charge in [0.25, 0.3) is 0 Å². The number of nitriles is 1. The summed E-state index contributed by atoms with van der Waals surface area (Å²) in [6.45, 7) is 0.0738. The van der Waals surface area contributed by atoms with E-state index in [0.29, 0.717) is 17.9 Å². The monoisotopic (exact) mass is 442 g/mol. The van der Waals surface area contributed by atoms with Crippen molar-refractivity contribution in [1.82, 2.24) is 4.31 Å². The largest absolute Gasteiger partial charge is 0.243 e. The molecule has 3 aromatic rings. The maximum atomic E-state index is 14.4. The van der Waals surface area contributed by atoms with E-state index < -0.39 is 15.8 Å². The zero-order valence-corrected chi connectivity index (χ0v) is 17.7. The minimum Gasteiger partial charge on any atom is -0.207 e. The molecule has 0 heterocycles. The molecule has 0 saturated heterocycles. The Balaban J connectivity index is 1.87. The number of nitrogens with zero attached hydrogens (tertiary/aromatic N) is 2. The van der Waals surface area contributed by atoms with Gasteiger partial charge >= 0.3 is 0 Å². The molecule has 0 spiro atoms. The van der Waals surface area contributed by atoms with Crippen molar-refractivity contribution in [3.8, 4) is 6.07 Å². The Labute approximate surface area is 181 Å². The maximum absolute atomic E-state index is 14.4. The van der Waals surface area contributed by atoms with E-state index in [9.17, 15) is 12.8 Å². The van der Waals surface area contributed by atoms with Gasteiger partial charge < -0.3 is 0 Å². The van der Waals surface area contributed by atoms with Gasteiger partial charge in [0.05, 0.1) is 16.5 Å². The number of benzene rings is 3.